The number of halogens is 1. The van der Waals surface area contributed by atoms with E-state index in [-0.39, 0.29) is 11.9 Å². The summed E-state index contributed by atoms with van der Waals surface area (Å²) < 4.78 is 6.49. The molecular weight excluding hydrogens is 410 g/mol. The lowest BCUT2D eigenvalue weighted by Crippen LogP contribution is -2.45. The molecule has 1 heterocycles. The van der Waals surface area contributed by atoms with Crippen molar-refractivity contribution in [3.8, 4) is 5.75 Å². The first kappa shape index (κ1) is 19.0. The zero-order valence-electron chi connectivity index (χ0n) is 15.0. The Hall–Kier alpha value is -2.80. The number of hydrogen-bond acceptors (Lipinski definition) is 3. The highest BCUT2D eigenvalue weighted by molar-refractivity contribution is 9.10. The second-order valence-corrected chi connectivity index (χ2v) is 6.92. The maximum absolute atomic E-state index is 13.1. The molecule has 2 aromatic carbocycles. The van der Waals surface area contributed by atoms with Crippen LogP contribution in [0.4, 0.5) is 10.5 Å². The van der Waals surface area contributed by atoms with Gasteiger partial charge in [0.05, 0.1) is 23.9 Å². The summed E-state index contributed by atoms with van der Waals surface area (Å²) in [6, 6.07) is 13.8. The summed E-state index contributed by atoms with van der Waals surface area (Å²) >= 11 is 3.40. The Bertz CT molecular complexity index is 894. The molecule has 3 rings (SSSR count). The first-order valence-corrected chi connectivity index (χ1v) is 9.35. The quantitative estimate of drug-likeness (QED) is 0.668. The highest BCUT2D eigenvalue weighted by Gasteiger charge is 2.31. The third-order valence-electron chi connectivity index (χ3n) is 4.15. The van der Waals surface area contributed by atoms with Crippen LogP contribution in [0.5, 0.6) is 5.75 Å². The van der Waals surface area contributed by atoms with Crippen molar-refractivity contribution in [3.05, 3.63) is 69.8 Å². The van der Waals surface area contributed by atoms with Crippen LogP contribution < -0.4 is 20.7 Å². The molecule has 140 valence electrons. The van der Waals surface area contributed by atoms with Crippen molar-refractivity contribution in [2.75, 3.05) is 11.9 Å². The first-order chi connectivity index (χ1) is 13.0. The summed E-state index contributed by atoms with van der Waals surface area (Å²) in [6.07, 6.45) is 0. The van der Waals surface area contributed by atoms with Crippen molar-refractivity contribution in [3.63, 3.8) is 0 Å². The number of hydrogen-bond donors (Lipinski definition) is 3. The molecule has 0 aliphatic carbocycles. The zero-order valence-corrected chi connectivity index (χ0v) is 16.6. The van der Waals surface area contributed by atoms with Gasteiger partial charge in [-0.15, -0.1) is 0 Å². The molecule has 27 heavy (non-hydrogen) atoms. The second kappa shape index (κ2) is 8.26. The minimum atomic E-state index is -0.550. The number of nitrogens with one attached hydrogen (secondary N) is 3. The number of para-hydroxylation sites is 2. The predicted molar refractivity (Wildman–Crippen MR) is 107 cm³/mol. The van der Waals surface area contributed by atoms with Gasteiger partial charge in [0, 0.05) is 10.2 Å². The average molecular weight is 430 g/mol. The molecule has 0 spiro atoms. The number of benzene rings is 2. The molecule has 1 aliphatic rings. The minimum Gasteiger partial charge on any atom is -0.492 e. The van der Waals surface area contributed by atoms with Gasteiger partial charge in [0.25, 0.3) is 5.91 Å². The van der Waals surface area contributed by atoms with Crippen molar-refractivity contribution >= 4 is 33.6 Å². The lowest BCUT2D eigenvalue weighted by molar-refractivity contribution is -0.113. The Morgan fingerprint density at radius 2 is 1.89 bits per heavy atom. The first-order valence-electron chi connectivity index (χ1n) is 8.56. The third-order valence-corrected chi connectivity index (χ3v) is 4.68. The van der Waals surface area contributed by atoms with Crippen LogP contribution in [0.1, 0.15) is 25.5 Å². The van der Waals surface area contributed by atoms with Gasteiger partial charge in [-0.3, -0.25) is 4.79 Å². The Morgan fingerprint density at radius 1 is 1.19 bits per heavy atom. The SMILES string of the molecule is CCOc1ccccc1NC(=O)C1=C(C)NC(=O)N[C@@H]1c1ccc(Br)cc1. The zero-order chi connectivity index (χ0) is 19.4. The largest absolute Gasteiger partial charge is 0.492 e. The van der Waals surface area contributed by atoms with E-state index in [2.05, 4.69) is 31.9 Å². The molecular formula is C20H20BrN3O3. The van der Waals surface area contributed by atoms with Gasteiger partial charge < -0.3 is 20.7 Å². The number of carbonyl (C=O) groups is 2. The van der Waals surface area contributed by atoms with E-state index < -0.39 is 6.04 Å². The maximum atomic E-state index is 13.1. The van der Waals surface area contributed by atoms with Gasteiger partial charge in [-0.1, -0.05) is 40.2 Å². The van der Waals surface area contributed by atoms with E-state index >= 15 is 0 Å². The van der Waals surface area contributed by atoms with Crippen LogP contribution in [0, 0.1) is 0 Å². The van der Waals surface area contributed by atoms with Crippen molar-refractivity contribution < 1.29 is 14.3 Å². The lowest BCUT2D eigenvalue weighted by Gasteiger charge is -2.29. The third kappa shape index (κ3) is 4.31. The molecule has 0 unspecified atom stereocenters. The van der Waals surface area contributed by atoms with E-state index in [4.69, 9.17) is 4.74 Å². The van der Waals surface area contributed by atoms with E-state index in [0.717, 1.165) is 10.0 Å². The molecule has 7 heteroatoms. The Labute approximate surface area is 166 Å². The van der Waals surface area contributed by atoms with E-state index in [1.165, 1.54) is 0 Å². The molecule has 6 nitrogen and oxygen atoms in total. The molecule has 0 radical (unpaired) electrons. The number of urea groups is 1. The molecule has 0 bridgehead atoms. The van der Waals surface area contributed by atoms with Gasteiger partial charge in [0.1, 0.15) is 5.75 Å². The lowest BCUT2D eigenvalue weighted by atomic mass is 9.95. The van der Waals surface area contributed by atoms with Crippen LogP contribution >= 0.6 is 15.9 Å². The second-order valence-electron chi connectivity index (χ2n) is 6.00. The van der Waals surface area contributed by atoms with E-state index in [1.54, 1.807) is 19.1 Å². The summed E-state index contributed by atoms with van der Waals surface area (Å²) in [5.41, 5.74) is 2.35. The average Bonchev–Trinajstić information content (AvgIpc) is 2.63. The van der Waals surface area contributed by atoms with Crippen LogP contribution in [-0.4, -0.2) is 18.5 Å². The molecule has 3 N–H and O–H groups in total. The molecule has 0 saturated carbocycles. The number of carbonyl (C=O) groups excluding carboxylic acids is 2. The predicted octanol–water partition coefficient (Wildman–Crippen LogP) is 4.11. The summed E-state index contributed by atoms with van der Waals surface area (Å²) in [4.78, 5) is 25.0. The molecule has 1 atom stereocenters. The fourth-order valence-corrected chi connectivity index (χ4v) is 3.21. The van der Waals surface area contributed by atoms with Crippen LogP contribution in [0.3, 0.4) is 0 Å². The Balaban J connectivity index is 1.93. The Kier molecular flexibility index (Phi) is 5.81. The van der Waals surface area contributed by atoms with Crippen molar-refractivity contribution in [1.82, 2.24) is 10.6 Å². The van der Waals surface area contributed by atoms with Crippen LogP contribution in [0.15, 0.2) is 64.3 Å². The number of ether oxygens (including phenoxy) is 1. The smallest absolute Gasteiger partial charge is 0.319 e. The van der Waals surface area contributed by atoms with Gasteiger partial charge in [-0.05, 0) is 43.7 Å². The fraction of sp³-hybridized carbons (Fsp3) is 0.200. The standard InChI is InChI=1S/C20H20BrN3O3/c1-3-27-16-7-5-4-6-15(16)23-19(25)17-12(2)22-20(26)24-18(17)13-8-10-14(21)11-9-13/h4-11,18H,3H2,1-2H3,(H,23,25)(H2,22,24,26)/t18-/m1/s1. The Morgan fingerprint density at radius 3 is 2.59 bits per heavy atom. The molecule has 0 saturated heterocycles. The highest BCUT2D eigenvalue weighted by atomic mass is 79.9. The van der Waals surface area contributed by atoms with Crippen molar-refractivity contribution in [2.24, 2.45) is 0 Å². The van der Waals surface area contributed by atoms with Crippen LogP contribution in [-0.2, 0) is 4.79 Å². The molecule has 0 aromatic heterocycles. The summed E-state index contributed by atoms with van der Waals surface area (Å²) in [5.74, 6) is 0.291. The van der Waals surface area contributed by atoms with Gasteiger partial charge in [0.2, 0.25) is 0 Å². The van der Waals surface area contributed by atoms with Crippen LogP contribution in [0.25, 0.3) is 0 Å². The van der Waals surface area contributed by atoms with Crippen molar-refractivity contribution in [1.29, 1.82) is 0 Å². The summed E-state index contributed by atoms with van der Waals surface area (Å²) in [7, 11) is 0. The van der Waals surface area contributed by atoms with Gasteiger partial charge in [0.15, 0.2) is 0 Å². The molecule has 1 aliphatic heterocycles. The number of amides is 3. The molecule has 0 fully saturated rings. The van der Waals surface area contributed by atoms with Gasteiger partial charge in [-0.25, -0.2) is 4.79 Å². The highest BCUT2D eigenvalue weighted by Crippen LogP contribution is 2.30. The monoisotopic (exact) mass is 429 g/mol. The minimum absolute atomic E-state index is 0.305. The summed E-state index contributed by atoms with van der Waals surface area (Å²) in [5, 5.41) is 8.40. The molecule has 2 aromatic rings. The summed E-state index contributed by atoms with van der Waals surface area (Å²) in [6.45, 7) is 4.09. The topological polar surface area (TPSA) is 79.5 Å². The van der Waals surface area contributed by atoms with E-state index in [9.17, 15) is 9.59 Å². The fourth-order valence-electron chi connectivity index (χ4n) is 2.94. The molecule has 3 amide bonds. The maximum Gasteiger partial charge on any atom is 0.319 e. The van der Waals surface area contributed by atoms with E-state index in [0.29, 0.717) is 29.3 Å². The van der Waals surface area contributed by atoms with Gasteiger partial charge in [-0.2, -0.15) is 0 Å². The number of rotatable bonds is 5. The van der Waals surface area contributed by atoms with Crippen LogP contribution in [0.2, 0.25) is 0 Å². The van der Waals surface area contributed by atoms with Crippen molar-refractivity contribution in [2.45, 2.75) is 19.9 Å². The normalized spacial score (nSPS) is 16.4. The van der Waals surface area contributed by atoms with Gasteiger partial charge >= 0.3 is 6.03 Å². The number of allylic oxidation sites excluding steroid dienone is 1. The van der Waals surface area contributed by atoms with E-state index in [1.807, 2.05) is 43.3 Å². The number of anilines is 1.